The highest BCUT2D eigenvalue weighted by molar-refractivity contribution is 9.10. The average molecular weight is 534 g/mol. The molecule has 2 aliphatic rings. The van der Waals surface area contributed by atoms with Crippen molar-refractivity contribution in [3.8, 4) is 0 Å². The second kappa shape index (κ2) is 9.56. The Hall–Kier alpha value is -2.23. The van der Waals surface area contributed by atoms with E-state index in [4.69, 9.17) is 0 Å². The molecule has 0 aliphatic carbocycles. The van der Waals surface area contributed by atoms with E-state index in [1.807, 2.05) is 37.3 Å². The molecule has 1 saturated heterocycles. The maximum Gasteiger partial charge on any atom is 0.245 e. The van der Waals surface area contributed by atoms with Crippen molar-refractivity contribution in [1.82, 2.24) is 4.31 Å². The van der Waals surface area contributed by atoms with Gasteiger partial charge < -0.3 is 10.2 Å². The molecule has 1 fully saturated rings. The second-order valence-electron chi connectivity index (χ2n) is 8.62. The third kappa shape index (κ3) is 4.85. The van der Waals surface area contributed by atoms with Crippen LogP contribution in [0.15, 0.2) is 45.8 Å². The molecule has 0 aromatic heterocycles. The topological polar surface area (TPSA) is 86.8 Å². The number of aryl methyl sites for hydroxylation is 1. The third-order valence-corrected chi connectivity index (χ3v) is 8.63. The largest absolute Gasteiger partial charge is 0.326 e. The van der Waals surface area contributed by atoms with Crippen molar-refractivity contribution < 1.29 is 18.0 Å². The lowest BCUT2D eigenvalue weighted by atomic mass is 9.98. The molecule has 2 aliphatic heterocycles. The van der Waals surface area contributed by atoms with Crippen LogP contribution in [0.4, 0.5) is 11.4 Å². The van der Waals surface area contributed by atoms with E-state index in [-0.39, 0.29) is 23.3 Å². The van der Waals surface area contributed by atoms with E-state index in [1.165, 1.54) is 4.31 Å². The third-order valence-electron chi connectivity index (χ3n) is 6.29. The van der Waals surface area contributed by atoms with Crippen LogP contribution >= 0.6 is 15.9 Å². The molecule has 0 unspecified atom stereocenters. The lowest BCUT2D eigenvalue weighted by Crippen LogP contribution is -2.44. The fourth-order valence-corrected chi connectivity index (χ4v) is 6.94. The number of halogens is 1. The minimum atomic E-state index is -3.90. The van der Waals surface area contributed by atoms with Crippen LogP contribution in [0.5, 0.6) is 0 Å². The van der Waals surface area contributed by atoms with Crippen LogP contribution in [0, 0.1) is 12.8 Å². The molecule has 176 valence electrons. The van der Waals surface area contributed by atoms with E-state index in [1.54, 1.807) is 17.9 Å². The molecule has 0 radical (unpaired) electrons. The number of benzene rings is 2. The molecule has 0 saturated carbocycles. The van der Waals surface area contributed by atoms with Crippen molar-refractivity contribution in [2.45, 2.75) is 44.4 Å². The number of anilines is 2. The number of nitrogens with one attached hydrogen (secondary N) is 1. The summed E-state index contributed by atoms with van der Waals surface area (Å²) in [4.78, 5) is 27.1. The van der Waals surface area contributed by atoms with Crippen LogP contribution in [0.2, 0.25) is 0 Å². The molecule has 1 atom stereocenters. The van der Waals surface area contributed by atoms with Crippen LogP contribution in [0.3, 0.4) is 0 Å². The molecule has 1 N–H and O–H groups in total. The Morgan fingerprint density at radius 1 is 1.15 bits per heavy atom. The van der Waals surface area contributed by atoms with Gasteiger partial charge >= 0.3 is 0 Å². The fraction of sp³-hybridized carbons (Fsp3) is 0.417. The first kappa shape index (κ1) is 23.9. The van der Waals surface area contributed by atoms with Gasteiger partial charge in [-0.3, -0.25) is 9.59 Å². The predicted molar refractivity (Wildman–Crippen MR) is 132 cm³/mol. The van der Waals surface area contributed by atoms with E-state index in [9.17, 15) is 18.0 Å². The monoisotopic (exact) mass is 533 g/mol. The summed E-state index contributed by atoms with van der Waals surface area (Å²) in [7, 11) is -3.90. The van der Waals surface area contributed by atoms with Crippen LogP contribution < -0.4 is 10.2 Å². The van der Waals surface area contributed by atoms with Gasteiger partial charge in [-0.1, -0.05) is 40.5 Å². The van der Waals surface area contributed by atoms with Crippen molar-refractivity contribution in [2.75, 3.05) is 29.9 Å². The minimum absolute atomic E-state index is 0.0958. The molecule has 0 bridgehead atoms. The summed E-state index contributed by atoms with van der Waals surface area (Å²) in [6, 6.07) is 11.0. The van der Waals surface area contributed by atoms with Crippen molar-refractivity contribution in [3.05, 3.63) is 52.0 Å². The molecular weight excluding hydrogens is 506 g/mol. The van der Waals surface area contributed by atoms with Gasteiger partial charge in [0.2, 0.25) is 21.8 Å². The summed E-state index contributed by atoms with van der Waals surface area (Å²) in [5.74, 6) is -0.717. The van der Waals surface area contributed by atoms with Crippen LogP contribution in [-0.4, -0.2) is 44.2 Å². The number of hydrogen-bond acceptors (Lipinski definition) is 4. The number of hydrogen-bond donors (Lipinski definition) is 1. The number of rotatable bonds is 5. The Morgan fingerprint density at radius 3 is 2.58 bits per heavy atom. The smallest absolute Gasteiger partial charge is 0.245 e. The molecule has 2 amide bonds. The van der Waals surface area contributed by atoms with E-state index in [0.717, 1.165) is 11.1 Å². The van der Waals surface area contributed by atoms with Crippen molar-refractivity contribution in [1.29, 1.82) is 0 Å². The van der Waals surface area contributed by atoms with Gasteiger partial charge in [0.05, 0.1) is 11.6 Å². The molecular formula is C24H28BrN3O4S. The molecule has 4 rings (SSSR count). The van der Waals surface area contributed by atoms with Gasteiger partial charge in [-0.2, -0.15) is 4.31 Å². The van der Waals surface area contributed by atoms with Crippen molar-refractivity contribution in [2.24, 2.45) is 5.92 Å². The Kier molecular flexibility index (Phi) is 6.93. The van der Waals surface area contributed by atoms with Gasteiger partial charge in [0.25, 0.3) is 0 Å². The van der Waals surface area contributed by atoms with Gasteiger partial charge in [-0.05, 0) is 56.0 Å². The number of sulfonamides is 1. The van der Waals surface area contributed by atoms with Gasteiger partial charge in [0.15, 0.2) is 0 Å². The lowest BCUT2D eigenvalue weighted by molar-refractivity contribution is -0.121. The van der Waals surface area contributed by atoms with Crippen LogP contribution in [0.1, 0.15) is 37.3 Å². The van der Waals surface area contributed by atoms with E-state index in [0.29, 0.717) is 54.6 Å². The maximum atomic E-state index is 13.8. The average Bonchev–Trinajstić information content (AvgIpc) is 3.23. The highest BCUT2D eigenvalue weighted by Crippen LogP contribution is 2.39. The van der Waals surface area contributed by atoms with Crippen LogP contribution in [-0.2, 0) is 26.0 Å². The highest BCUT2D eigenvalue weighted by Gasteiger charge is 2.38. The zero-order chi connectivity index (χ0) is 23.8. The zero-order valence-corrected chi connectivity index (χ0v) is 21.2. The van der Waals surface area contributed by atoms with Gasteiger partial charge in [0, 0.05) is 36.2 Å². The molecule has 33 heavy (non-hydrogen) atoms. The highest BCUT2D eigenvalue weighted by atomic mass is 79.9. The molecule has 2 aromatic carbocycles. The number of amides is 2. The normalized spacial score (nSPS) is 18.8. The second-order valence-corrected chi connectivity index (χ2v) is 11.4. The van der Waals surface area contributed by atoms with E-state index in [2.05, 4.69) is 21.2 Å². The summed E-state index contributed by atoms with van der Waals surface area (Å²) in [5, 5.41) is 2.91. The van der Waals surface area contributed by atoms with E-state index < -0.39 is 15.9 Å². The zero-order valence-electron chi connectivity index (χ0n) is 18.8. The summed E-state index contributed by atoms with van der Waals surface area (Å²) in [5.41, 5.74) is 3.12. The maximum absolute atomic E-state index is 13.8. The quantitative estimate of drug-likeness (QED) is 0.626. The number of carbonyl (C=O) groups is 2. The standard InChI is InChI=1S/C24H28BrN3O4S/c1-3-22(29)28-12-10-17-13-19(25)14-21(23(17)28)33(31,32)27-11-4-5-18(15-27)24(30)26-20-8-6-16(2)7-9-20/h6-9,13-14,18H,3-5,10-12,15H2,1-2H3,(H,26,30)/t18-/m1/s1. The molecule has 7 nitrogen and oxygen atoms in total. The summed E-state index contributed by atoms with van der Waals surface area (Å²) in [6.45, 7) is 4.68. The van der Waals surface area contributed by atoms with E-state index >= 15 is 0 Å². The van der Waals surface area contributed by atoms with Gasteiger partial charge in [0.1, 0.15) is 4.90 Å². The predicted octanol–water partition coefficient (Wildman–Crippen LogP) is 4.10. The van der Waals surface area contributed by atoms with Gasteiger partial charge in [-0.15, -0.1) is 0 Å². The van der Waals surface area contributed by atoms with Crippen molar-refractivity contribution >= 4 is 49.1 Å². The Labute approximate surface area is 203 Å². The fourth-order valence-electron chi connectivity index (χ4n) is 4.50. The Bertz CT molecular complexity index is 1180. The summed E-state index contributed by atoms with van der Waals surface area (Å²) in [6.07, 6.45) is 2.14. The van der Waals surface area contributed by atoms with Crippen LogP contribution in [0.25, 0.3) is 0 Å². The first-order valence-electron chi connectivity index (χ1n) is 11.2. The Balaban J connectivity index is 1.60. The number of carbonyl (C=O) groups excluding carboxylic acids is 2. The molecule has 9 heteroatoms. The Morgan fingerprint density at radius 2 is 1.88 bits per heavy atom. The SMILES string of the molecule is CCC(=O)N1CCc2cc(Br)cc(S(=O)(=O)N3CCC[C@@H](C(=O)Nc4ccc(C)cc4)C3)c21. The first-order chi connectivity index (χ1) is 15.7. The van der Waals surface area contributed by atoms with Crippen molar-refractivity contribution in [3.63, 3.8) is 0 Å². The minimum Gasteiger partial charge on any atom is -0.326 e. The van der Waals surface area contributed by atoms with Gasteiger partial charge in [-0.25, -0.2) is 8.42 Å². The molecule has 2 heterocycles. The first-order valence-corrected chi connectivity index (χ1v) is 13.4. The number of nitrogens with zero attached hydrogens (tertiary/aromatic N) is 2. The number of piperidine rings is 1. The summed E-state index contributed by atoms with van der Waals surface area (Å²) < 4.78 is 29.6. The summed E-state index contributed by atoms with van der Waals surface area (Å²) >= 11 is 3.43. The molecule has 2 aromatic rings. The molecule has 0 spiro atoms. The lowest BCUT2D eigenvalue weighted by Gasteiger charge is -2.32. The number of fused-ring (bicyclic) bond motifs is 1.